The largest absolute Gasteiger partial charge is 0.481 e. The number of aliphatic carboxylic acids is 1. The van der Waals surface area contributed by atoms with E-state index in [0.29, 0.717) is 12.8 Å². The number of carboxylic acid groups (broad SMARTS) is 1. The van der Waals surface area contributed by atoms with Crippen LogP contribution in [0.4, 0.5) is 18.9 Å². The molecule has 0 aliphatic heterocycles. The number of hydrogen-bond acceptors (Lipinski definition) is 2. The third kappa shape index (κ3) is 3.29. The maximum Gasteiger partial charge on any atom is 0.307 e. The van der Waals surface area contributed by atoms with Gasteiger partial charge in [-0.15, -0.1) is 0 Å². The van der Waals surface area contributed by atoms with E-state index in [1.807, 2.05) is 0 Å². The van der Waals surface area contributed by atoms with Gasteiger partial charge < -0.3 is 10.4 Å². The van der Waals surface area contributed by atoms with E-state index in [1.165, 1.54) is 18.2 Å². The van der Waals surface area contributed by atoms with Gasteiger partial charge in [0.25, 0.3) is 0 Å². The van der Waals surface area contributed by atoms with E-state index in [0.717, 1.165) is 24.6 Å². The van der Waals surface area contributed by atoms with Crippen molar-refractivity contribution in [2.75, 3.05) is 5.32 Å². The number of rotatable bonds is 5. The SMILES string of the molecule is O=C(O)Cc1ccc(NC(=O)C2(c3ccc(F)cc3F)CCC2)cc1F. The molecule has 0 radical (unpaired) electrons. The van der Waals surface area contributed by atoms with Crippen LogP contribution in [0.25, 0.3) is 0 Å². The molecular weight excluding hydrogens is 347 g/mol. The number of amides is 1. The molecule has 2 N–H and O–H groups in total. The van der Waals surface area contributed by atoms with Crippen molar-refractivity contribution in [1.29, 1.82) is 0 Å². The number of carbonyl (C=O) groups is 2. The van der Waals surface area contributed by atoms with Gasteiger partial charge in [0.15, 0.2) is 0 Å². The number of carbonyl (C=O) groups excluding carboxylic acids is 1. The molecule has 1 aliphatic carbocycles. The fraction of sp³-hybridized carbons (Fsp3) is 0.263. The summed E-state index contributed by atoms with van der Waals surface area (Å²) in [5.41, 5.74) is -0.854. The second-order valence-electron chi connectivity index (χ2n) is 6.39. The molecule has 0 atom stereocenters. The van der Waals surface area contributed by atoms with Gasteiger partial charge in [0.1, 0.15) is 17.5 Å². The van der Waals surface area contributed by atoms with Crippen LogP contribution >= 0.6 is 0 Å². The molecule has 1 saturated carbocycles. The normalized spacial score (nSPS) is 15.2. The standard InChI is InChI=1S/C19H16F3NO3/c20-12-3-5-14(16(22)9-12)19(6-1-7-19)18(26)23-13-4-2-11(8-17(24)25)15(21)10-13/h2-5,9-10H,1,6-8H2,(H,23,26)(H,24,25). The van der Waals surface area contributed by atoms with Crippen molar-refractivity contribution in [3.8, 4) is 0 Å². The first-order valence-corrected chi connectivity index (χ1v) is 8.09. The van der Waals surface area contributed by atoms with Gasteiger partial charge in [-0.05, 0) is 36.6 Å². The molecule has 1 aliphatic rings. The molecule has 2 aromatic rings. The average molecular weight is 363 g/mol. The van der Waals surface area contributed by atoms with Crippen LogP contribution in [0.5, 0.6) is 0 Å². The minimum atomic E-state index is -1.17. The van der Waals surface area contributed by atoms with Crippen LogP contribution in [-0.2, 0) is 21.4 Å². The highest BCUT2D eigenvalue weighted by molar-refractivity contribution is 6.00. The highest BCUT2D eigenvalue weighted by Gasteiger charge is 2.47. The number of halogens is 3. The van der Waals surface area contributed by atoms with Crippen molar-refractivity contribution < 1.29 is 27.9 Å². The Balaban J connectivity index is 1.84. The molecule has 4 nitrogen and oxygen atoms in total. The number of hydrogen-bond donors (Lipinski definition) is 2. The number of nitrogens with one attached hydrogen (secondary N) is 1. The minimum absolute atomic E-state index is 0.00145. The van der Waals surface area contributed by atoms with Gasteiger partial charge in [0.05, 0.1) is 11.8 Å². The van der Waals surface area contributed by atoms with E-state index in [4.69, 9.17) is 5.11 Å². The molecule has 0 aromatic heterocycles. The maximum atomic E-state index is 14.2. The van der Waals surface area contributed by atoms with E-state index in [-0.39, 0.29) is 16.8 Å². The Kier molecular flexibility index (Phi) is 4.71. The predicted octanol–water partition coefficient (Wildman–Crippen LogP) is 3.79. The maximum absolute atomic E-state index is 14.2. The first-order chi connectivity index (χ1) is 12.3. The highest BCUT2D eigenvalue weighted by Crippen LogP contribution is 2.45. The summed E-state index contributed by atoms with van der Waals surface area (Å²) >= 11 is 0. The topological polar surface area (TPSA) is 66.4 Å². The summed E-state index contributed by atoms with van der Waals surface area (Å²) in [7, 11) is 0. The molecule has 2 aromatic carbocycles. The summed E-state index contributed by atoms with van der Waals surface area (Å²) in [5.74, 6) is -3.93. The van der Waals surface area contributed by atoms with Crippen molar-refractivity contribution in [2.24, 2.45) is 0 Å². The van der Waals surface area contributed by atoms with Crippen molar-refractivity contribution in [1.82, 2.24) is 0 Å². The van der Waals surface area contributed by atoms with Crippen molar-refractivity contribution in [2.45, 2.75) is 31.1 Å². The molecule has 3 rings (SSSR count). The molecule has 26 heavy (non-hydrogen) atoms. The Morgan fingerprint density at radius 1 is 1.04 bits per heavy atom. The smallest absolute Gasteiger partial charge is 0.307 e. The van der Waals surface area contributed by atoms with Crippen LogP contribution in [0.15, 0.2) is 36.4 Å². The van der Waals surface area contributed by atoms with E-state index < -0.39 is 41.2 Å². The molecule has 7 heteroatoms. The van der Waals surface area contributed by atoms with Crippen LogP contribution in [-0.4, -0.2) is 17.0 Å². The summed E-state index contributed by atoms with van der Waals surface area (Å²) in [5, 5.41) is 11.3. The third-order valence-corrected chi connectivity index (χ3v) is 4.74. The summed E-state index contributed by atoms with van der Waals surface area (Å²) < 4.78 is 41.3. The van der Waals surface area contributed by atoms with Gasteiger partial charge in [0, 0.05) is 17.3 Å². The minimum Gasteiger partial charge on any atom is -0.481 e. The third-order valence-electron chi connectivity index (χ3n) is 4.74. The molecule has 0 spiro atoms. The van der Waals surface area contributed by atoms with E-state index in [9.17, 15) is 22.8 Å². The van der Waals surface area contributed by atoms with Crippen LogP contribution in [0.2, 0.25) is 0 Å². The van der Waals surface area contributed by atoms with Crippen molar-refractivity contribution in [3.05, 3.63) is 65.0 Å². The number of carboxylic acids is 1. The van der Waals surface area contributed by atoms with Gasteiger partial charge in [-0.1, -0.05) is 18.6 Å². The van der Waals surface area contributed by atoms with Crippen LogP contribution in [0.3, 0.4) is 0 Å². The quantitative estimate of drug-likeness (QED) is 0.849. The fourth-order valence-electron chi connectivity index (χ4n) is 3.21. The van der Waals surface area contributed by atoms with Gasteiger partial charge >= 0.3 is 5.97 Å². The molecular formula is C19H16F3NO3. The van der Waals surface area contributed by atoms with Gasteiger partial charge in [-0.3, -0.25) is 9.59 Å². The predicted molar refractivity (Wildman–Crippen MR) is 88.3 cm³/mol. The fourth-order valence-corrected chi connectivity index (χ4v) is 3.21. The summed E-state index contributed by atoms with van der Waals surface area (Å²) in [6.45, 7) is 0. The molecule has 0 heterocycles. The molecule has 0 saturated heterocycles. The first-order valence-electron chi connectivity index (χ1n) is 8.09. The van der Waals surface area contributed by atoms with E-state index in [1.54, 1.807) is 0 Å². The Morgan fingerprint density at radius 2 is 1.77 bits per heavy atom. The van der Waals surface area contributed by atoms with Gasteiger partial charge in [-0.2, -0.15) is 0 Å². The number of anilines is 1. The number of benzene rings is 2. The molecule has 1 amide bonds. The van der Waals surface area contributed by atoms with Crippen LogP contribution < -0.4 is 5.32 Å². The van der Waals surface area contributed by atoms with Crippen LogP contribution in [0, 0.1) is 17.5 Å². The summed E-state index contributed by atoms with van der Waals surface area (Å²) in [4.78, 5) is 23.4. The molecule has 0 unspecified atom stereocenters. The van der Waals surface area contributed by atoms with Gasteiger partial charge in [-0.25, -0.2) is 13.2 Å². The lowest BCUT2D eigenvalue weighted by atomic mass is 9.63. The Morgan fingerprint density at radius 3 is 2.31 bits per heavy atom. The zero-order chi connectivity index (χ0) is 18.9. The summed E-state index contributed by atoms with van der Waals surface area (Å²) in [6, 6.07) is 6.82. The Hall–Kier alpha value is -2.83. The van der Waals surface area contributed by atoms with Crippen molar-refractivity contribution in [3.63, 3.8) is 0 Å². The van der Waals surface area contributed by atoms with Crippen LogP contribution in [0.1, 0.15) is 30.4 Å². The second-order valence-corrected chi connectivity index (χ2v) is 6.39. The Labute approximate surface area is 147 Å². The molecule has 0 bridgehead atoms. The lowest BCUT2D eigenvalue weighted by Crippen LogP contribution is -2.46. The average Bonchev–Trinajstić information content (AvgIpc) is 2.50. The van der Waals surface area contributed by atoms with E-state index in [2.05, 4.69) is 5.32 Å². The highest BCUT2D eigenvalue weighted by atomic mass is 19.1. The lowest BCUT2D eigenvalue weighted by Gasteiger charge is -2.40. The first kappa shape index (κ1) is 18.0. The van der Waals surface area contributed by atoms with Gasteiger partial charge in [0.2, 0.25) is 5.91 Å². The summed E-state index contributed by atoms with van der Waals surface area (Å²) in [6.07, 6.45) is 1.06. The molecule has 136 valence electrons. The zero-order valence-electron chi connectivity index (χ0n) is 13.7. The lowest BCUT2D eigenvalue weighted by molar-refractivity contribution is -0.136. The van der Waals surface area contributed by atoms with E-state index >= 15 is 0 Å². The zero-order valence-corrected chi connectivity index (χ0v) is 13.7. The monoisotopic (exact) mass is 363 g/mol. The molecule has 1 fully saturated rings. The second kappa shape index (κ2) is 6.82. The Bertz CT molecular complexity index is 878. The van der Waals surface area contributed by atoms with Crippen molar-refractivity contribution >= 4 is 17.6 Å².